The van der Waals surface area contributed by atoms with Gasteiger partial charge in [-0.05, 0) is 54.8 Å². The van der Waals surface area contributed by atoms with E-state index in [0.29, 0.717) is 0 Å². The molecule has 1 atom stereocenters. The van der Waals surface area contributed by atoms with E-state index in [1.54, 1.807) is 0 Å². The summed E-state index contributed by atoms with van der Waals surface area (Å²) in [7, 11) is 0. The molecule has 2 nitrogen and oxygen atoms in total. The van der Waals surface area contributed by atoms with E-state index in [1.807, 2.05) is 68.0 Å². The van der Waals surface area contributed by atoms with Crippen molar-refractivity contribution in [2.45, 2.75) is 96.9 Å². The highest BCUT2D eigenvalue weighted by Crippen LogP contribution is 2.52. The van der Waals surface area contributed by atoms with Crippen LogP contribution >= 0.6 is 68.0 Å². The zero-order chi connectivity index (χ0) is 35.4. The molecule has 3 N–H and O–H groups in total. The minimum atomic E-state index is 0.0422. The molecule has 0 saturated heterocycles. The van der Waals surface area contributed by atoms with E-state index in [-0.39, 0.29) is 6.04 Å². The number of unbranched alkanes of at least 4 members (excludes halogenated alkanes) is 9. The van der Waals surface area contributed by atoms with Crippen molar-refractivity contribution >= 4 is 113 Å². The summed E-state index contributed by atoms with van der Waals surface area (Å²) in [4.78, 5) is 8.17. The van der Waals surface area contributed by atoms with Crippen LogP contribution < -0.4 is 11.1 Å². The highest BCUT2D eigenvalue weighted by atomic mass is 32.2. The minimum Gasteiger partial charge on any atom is -0.384 e. The molecule has 0 saturated carbocycles. The predicted octanol–water partition coefficient (Wildman–Crippen LogP) is 16.8. The molecule has 2 aromatic carbocycles. The van der Waals surface area contributed by atoms with E-state index in [0.717, 1.165) is 13.0 Å². The number of thiophene rings is 6. The summed E-state index contributed by atoms with van der Waals surface area (Å²) in [6, 6.07) is 27.5. The van der Waals surface area contributed by atoms with Gasteiger partial charge in [0.05, 0.1) is 18.6 Å². The zero-order valence-corrected chi connectivity index (χ0v) is 35.1. The van der Waals surface area contributed by atoms with Crippen LogP contribution in [0.5, 0.6) is 0 Å². The molecular formula is C44H48N2S6. The van der Waals surface area contributed by atoms with Gasteiger partial charge in [0.1, 0.15) is 0 Å². The molecule has 0 aliphatic carbocycles. The monoisotopic (exact) mass is 796 g/mol. The molecule has 0 spiro atoms. The first kappa shape index (κ1) is 36.4. The first-order chi connectivity index (χ1) is 25.6. The fourth-order valence-corrected chi connectivity index (χ4v) is 15.0. The molecule has 6 aromatic heterocycles. The Morgan fingerprint density at radius 1 is 0.519 bits per heavy atom. The Bertz CT molecular complexity index is 2390. The molecule has 52 heavy (non-hydrogen) atoms. The Hall–Kier alpha value is -2.56. The maximum Gasteiger partial charge on any atom is 0.0884 e. The van der Waals surface area contributed by atoms with Gasteiger partial charge in [-0.25, -0.2) is 0 Å². The van der Waals surface area contributed by atoms with Crippen molar-refractivity contribution < 1.29 is 0 Å². The fourth-order valence-electron chi connectivity index (χ4n) is 7.33. The summed E-state index contributed by atoms with van der Waals surface area (Å²) < 4.78 is 5.59. The lowest BCUT2D eigenvalue weighted by molar-refractivity contribution is 0.556. The molecule has 0 aliphatic rings. The van der Waals surface area contributed by atoms with Crippen molar-refractivity contribution in [1.82, 2.24) is 0 Å². The molecule has 8 rings (SSSR count). The van der Waals surface area contributed by atoms with Crippen molar-refractivity contribution in [1.29, 1.82) is 0 Å². The van der Waals surface area contributed by atoms with Crippen LogP contribution in [-0.4, -0.2) is 6.54 Å². The molecule has 8 aromatic rings. The van der Waals surface area contributed by atoms with Gasteiger partial charge in [-0.3, -0.25) is 0 Å². The number of benzene rings is 2. The van der Waals surface area contributed by atoms with Gasteiger partial charge >= 0.3 is 0 Å². The number of rotatable bonds is 18. The number of nitrogens with one attached hydrogen (secondary N) is 1. The van der Waals surface area contributed by atoms with E-state index < -0.39 is 0 Å². The van der Waals surface area contributed by atoms with E-state index in [9.17, 15) is 0 Å². The van der Waals surface area contributed by atoms with Gasteiger partial charge in [0, 0.05) is 67.9 Å². The van der Waals surface area contributed by atoms with E-state index >= 15 is 0 Å². The fraction of sp³-hybridized carbons (Fsp3) is 0.364. The molecule has 0 fully saturated rings. The summed E-state index contributed by atoms with van der Waals surface area (Å²) in [5.74, 6) is 0. The van der Waals surface area contributed by atoms with Gasteiger partial charge in [-0.2, -0.15) is 0 Å². The number of hydrogen-bond donors (Lipinski definition) is 2. The SMILES string of the molecule is CCCCCCCCNc1cc(-c2cc(C(N)CCCCCCC)c(-c3cc4c(s3)sc3ccccc34)s2)sc1-c1cc2c(s1)sc1ccccc12. The Balaban J connectivity index is 1.15. The minimum absolute atomic E-state index is 0.0422. The standard InChI is InChI=1S/C44H48N2S6/c1-3-5-7-9-11-17-23-46-34-27-38(48-42(34)40-25-31-29-19-14-16-22-36(29)50-44(31)52-40)37-26-32(33(45)20-12-10-8-6-4-2)41(47-37)39-24-30-28-18-13-15-21-35(28)49-43(30)51-39/h13-16,18-19,21-22,24-27,33,46H,3-12,17,20,23,45H2,1-2H3. The lowest BCUT2D eigenvalue weighted by atomic mass is 10.00. The van der Waals surface area contributed by atoms with Gasteiger partial charge < -0.3 is 11.1 Å². The second-order valence-corrected chi connectivity index (χ2v) is 20.9. The van der Waals surface area contributed by atoms with Crippen LogP contribution in [0.25, 0.3) is 68.2 Å². The Morgan fingerprint density at radius 3 is 1.71 bits per heavy atom. The predicted molar refractivity (Wildman–Crippen MR) is 242 cm³/mol. The molecule has 0 amide bonds. The smallest absolute Gasteiger partial charge is 0.0884 e. The lowest BCUT2D eigenvalue weighted by Gasteiger charge is -2.12. The quantitative estimate of drug-likeness (QED) is 0.0849. The maximum absolute atomic E-state index is 7.13. The normalized spacial score (nSPS) is 12.7. The lowest BCUT2D eigenvalue weighted by Crippen LogP contribution is -2.10. The Morgan fingerprint density at radius 2 is 1.06 bits per heavy atom. The summed E-state index contributed by atoms with van der Waals surface area (Å²) in [6.45, 7) is 5.60. The van der Waals surface area contributed by atoms with Gasteiger partial charge in [-0.15, -0.1) is 68.0 Å². The zero-order valence-electron chi connectivity index (χ0n) is 30.2. The third kappa shape index (κ3) is 7.68. The molecule has 6 heterocycles. The molecular weight excluding hydrogens is 749 g/mol. The second kappa shape index (κ2) is 16.8. The van der Waals surface area contributed by atoms with Crippen LogP contribution in [0.15, 0.2) is 72.8 Å². The molecule has 8 heteroatoms. The molecule has 0 aliphatic heterocycles. The van der Waals surface area contributed by atoms with Crippen molar-refractivity contribution in [3.63, 3.8) is 0 Å². The summed E-state index contributed by atoms with van der Waals surface area (Å²) in [5, 5.41) is 9.46. The van der Waals surface area contributed by atoms with Crippen molar-refractivity contribution in [2.24, 2.45) is 5.73 Å². The van der Waals surface area contributed by atoms with Gasteiger partial charge in [0.25, 0.3) is 0 Å². The van der Waals surface area contributed by atoms with Crippen LogP contribution in [-0.2, 0) is 0 Å². The van der Waals surface area contributed by atoms with Crippen molar-refractivity contribution in [3.8, 4) is 29.3 Å². The Labute approximate surface area is 332 Å². The number of hydrogen-bond acceptors (Lipinski definition) is 8. The molecule has 1 unspecified atom stereocenters. The third-order valence-corrected chi connectivity index (χ3v) is 17.9. The first-order valence-electron chi connectivity index (χ1n) is 19.2. The largest absolute Gasteiger partial charge is 0.384 e. The highest BCUT2D eigenvalue weighted by Gasteiger charge is 2.23. The number of anilines is 1. The van der Waals surface area contributed by atoms with Crippen molar-refractivity contribution in [3.05, 3.63) is 78.4 Å². The van der Waals surface area contributed by atoms with Gasteiger partial charge in [-0.1, -0.05) is 114 Å². The van der Waals surface area contributed by atoms with E-state index in [2.05, 4.69) is 92.0 Å². The van der Waals surface area contributed by atoms with E-state index in [1.165, 1.54) is 150 Å². The van der Waals surface area contributed by atoms with Crippen molar-refractivity contribution in [2.75, 3.05) is 11.9 Å². The van der Waals surface area contributed by atoms with Crippen LogP contribution in [0, 0.1) is 0 Å². The maximum atomic E-state index is 7.13. The molecule has 270 valence electrons. The number of fused-ring (bicyclic) bond motifs is 6. The van der Waals surface area contributed by atoms with Crippen LogP contribution in [0.2, 0.25) is 0 Å². The molecule has 0 bridgehead atoms. The van der Waals surface area contributed by atoms with E-state index in [4.69, 9.17) is 5.73 Å². The highest BCUT2D eigenvalue weighted by molar-refractivity contribution is 7.44. The third-order valence-electron chi connectivity index (χ3n) is 10.2. The molecule has 0 radical (unpaired) electrons. The topological polar surface area (TPSA) is 38.0 Å². The van der Waals surface area contributed by atoms with Crippen LogP contribution in [0.1, 0.15) is 103 Å². The second-order valence-electron chi connectivity index (χ2n) is 14.1. The van der Waals surface area contributed by atoms with Gasteiger partial charge in [0.2, 0.25) is 0 Å². The first-order valence-corrected chi connectivity index (χ1v) is 24.1. The summed E-state index contributed by atoms with van der Waals surface area (Å²) in [6.07, 6.45) is 15.2. The number of nitrogens with two attached hydrogens (primary N) is 1. The Kier molecular flexibility index (Phi) is 11.8. The van der Waals surface area contributed by atoms with Gasteiger partial charge in [0.15, 0.2) is 0 Å². The summed E-state index contributed by atoms with van der Waals surface area (Å²) >= 11 is 11.7. The summed E-state index contributed by atoms with van der Waals surface area (Å²) in [5.41, 5.74) is 9.75. The van der Waals surface area contributed by atoms with Crippen LogP contribution in [0.4, 0.5) is 5.69 Å². The average molecular weight is 797 g/mol. The van der Waals surface area contributed by atoms with Crippen LogP contribution in [0.3, 0.4) is 0 Å². The average Bonchev–Trinajstić information content (AvgIpc) is 4.00.